The van der Waals surface area contributed by atoms with Crippen molar-refractivity contribution in [2.24, 2.45) is 0 Å². The van der Waals surface area contributed by atoms with Crippen molar-refractivity contribution in [3.8, 4) is 0 Å². The number of carbonyl (C=O) groups is 1. The first-order chi connectivity index (χ1) is 7.68. The molecule has 3 heterocycles. The molecule has 1 aromatic carbocycles. The van der Waals surface area contributed by atoms with Crippen LogP contribution in [0, 0.1) is 0 Å². The molecule has 0 N–H and O–H groups in total. The van der Waals surface area contributed by atoms with Crippen molar-refractivity contribution in [2.45, 2.75) is 18.5 Å². The van der Waals surface area contributed by atoms with Gasteiger partial charge in [0.1, 0.15) is 0 Å². The van der Waals surface area contributed by atoms with E-state index in [-0.39, 0.29) is 11.9 Å². The molecule has 3 fully saturated rings. The number of amides is 1. The predicted molar refractivity (Wildman–Crippen MR) is 63.8 cm³/mol. The second-order valence-corrected chi connectivity index (χ2v) is 4.88. The van der Waals surface area contributed by atoms with Gasteiger partial charge >= 0.3 is 0 Å². The lowest BCUT2D eigenvalue weighted by Gasteiger charge is -2.53. The number of halogens is 1. The zero-order valence-corrected chi connectivity index (χ0v) is 9.81. The summed E-state index contributed by atoms with van der Waals surface area (Å²) < 4.78 is 0. The van der Waals surface area contributed by atoms with Crippen LogP contribution in [-0.4, -0.2) is 36.5 Å². The summed E-state index contributed by atoms with van der Waals surface area (Å²) in [5.41, 5.74) is 0.844. The fraction of sp³-hybridized carbons (Fsp3) is 0.417. The van der Waals surface area contributed by atoms with Gasteiger partial charge in [0.05, 0.1) is 16.8 Å². The number of nitrogens with zero attached hydrogens (tertiary/aromatic N) is 2. The third-order valence-corrected chi connectivity index (χ3v) is 3.97. The van der Waals surface area contributed by atoms with E-state index in [1.54, 1.807) is 0 Å². The predicted octanol–water partition coefficient (Wildman–Crippen LogP) is 1.76. The van der Waals surface area contributed by atoms with Crippen molar-refractivity contribution in [2.75, 3.05) is 18.5 Å². The number of benzene rings is 1. The Morgan fingerprint density at radius 1 is 1.38 bits per heavy atom. The van der Waals surface area contributed by atoms with Crippen molar-refractivity contribution < 1.29 is 4.79 Å². The van der Waals surface area contributed by atoms with Crippen molar-refractivity contribution in [1.29, 1.82) is 0 Å². The number of likely N-dealkylation sites (N-methyl/N-ethyl adjacent to an activating group) is 1. The van der Waals surface area contributed by atoms with Crippen molar-refractivity contribution in [3.05, 3.63) is 29.3 Å². The molecule has 16 heavy (non-hydrogen) atoms. The Balaban J connectivity index is 1.93. The smallest absolute Gasteiger partial charge is 0.244 e. The molecule has 2 unspecified atom stereocenters. The summed E-state index contributed by atoms with van der Waals surface area (Å²) >= 11 is 6.11. The third-order valence-electron chi connectivity index (χ3n) is 3.65. The standard InChI is InChI=1S/C12H13ClN2O/c1-14-8-6-11(14)12(16)15(7-8)10-5-3-2-4-9(10)13/h2-5,8,11H,6-7H2,1H3. The molecule has 2 bridgehead atoms. The number of hydrogen-bond donors (Lipinski definition) is 0. The Bertz CT molecular complexity index is 448. The van der Waals surface area contributed by atoms with Gasteiger partial charge in [0.15, 0.2) is 0 Å². The molecule has 0 aliphatic carbocycles. The largest absolute Gasteiger partial charge is 0.308 e. The summed E-state index contributed by atoms with van der Waals surface area (Å²) in [6.07, 6.45) is 0.996. The summed E-state index contributed by atoms with van der Waals surface area (Å²) in [5, 5.41) is 0.653. The minimum Gasteiger partial charge on any atom is -0.308 e. The topological polar surface area (TPSA) is 23.6 Å². The average Bonchev–Trinajstić information content (AvgIpc) is 2.29. The summed E-state index contributed by atoms with van der Waals surface area (Å²) in [6, 6.07) is 8.10. The van der Waals surface area contributed by atoms with E-state index in [1.807, 2.05) is 36.2 Å². The van der Waals surface area contributed by atoms with Crippen LogP contribution in [0.5, 0.6) is 0 Å². The molecule has 3 aliphatic heterocycles. The fourth-order valence-corrected chi connectivity index (χ4v) is 2.79. The molecule has 4 heteroatoms. The van der Waals surface area contributed by atoms with E-state index in [4.69, 9.17) is 11.6 Å². The second kappa shape index (κ2) is 3.47. The number of hydrogen-bond acceptors (Lipinski definition) is 2. The van der Waals surface area contributed by atoms with E-state index in [2.05, 4.69) is 4.90 Å². The van der Waals surface area contributed by atoms with Crippen LogP contribution < -0.4 is 4.90 Å². The van der Waals surface area contributed by atoms with Gasteiger partial charge in [-0.25, -0.2) is 0 Å². The fourth-order valence-electron chi connectivity index (χ4n) is 2.55. The van der Waals surface area contributed by atoms with Gasteiger partial charge in [0.25, 0.3) is 0 Å². The number of para-hydroxylation sites is 1. The van der Waals surface area contributed by atoms with Gasteiger partial charge in [-0.2, -0.15) is 0 Å². The van der Waals surface area contributed by atoms with Gasteiger partial charge in [0.2, 0.25) is 5.91 Å². The van der Waals surface area contributed by atoms with E-state index in [0.29, 0.717) is 11.1 Å². The summed E-state index contributed by atoms with van der Waals surface area (Å²) in [7, 11) is 2.01. The van der Waals surface area contributed by atoms with Gasteiger partial charge < -0.3 is 4.90 Å². The number of piperazine rings is 1. The van der Waals surface area contributed by atoms with Gasteiger partial charge in [-0.1, -0.05) is 23.7 Å². The second-order valence-electron chi connectivity index (χ2n) is 4.47. The highest BCUT2D eigenvalue weighted by Gasteiger charge is 2.48. The molecule has 4 rings (SSSR count). The molecule has 0 aromatic heterocycles. The molecule has 2 atom stereocenters. The highest BCUT2D eigenvalue weighted by molar-refractivity contribution is 6.33. The number of rotatable bonds is 1. The first-order valence-electron chi connectivity index (χ1n) is 5.46. The van der Waals surface area contributed by atoms with E-state index >= 15 is 0 Å². The molecule has 1 amide bonds. The SMILES string of the molecule is CN1C2CC1C(=O)N(c1ccccc1Cl)C2. The van der Waals surface area contributed by atoms with Crippen molar-refractivity contribution in [3.63, 3.8) is 0 Å². The Labute approximate surface area is 99.6 Å². The summed E-state index contributed by atoms with van der Waals surface area (Å²) in [5.74, 6) is 0.179. The van der Waals surface area contributed by atoms with Crippen LogP contribution in [-0.2, 0) is 4.79 Å². The number of piperidine rings is 1. The lowest BCUT2D eigenvalue weighted by atomic mass is 9.87. The van der Waals surface area contributed by atoms with Crippen LogP contribution in [0.25, 0.3) is 0 Å². The summed E-state index contributed by atoms with van der Waals surface area (Å²) in [6.45, 7) is 0.759. The zero-order valence-electron chi connectivity index (χ0n) is 9.06. The lowest BCUT2D eigenvalue weighted by molar-refractivity contribution is -0.135. The maximum atomic E-state index is 12.2. The molecule has 3 saturated heterocycles. The van der Waals surface area contributed by atoms with E-state index in [0.717, 1.165) is 18.7 Å². The van der Waals surface area contributed by atoms with Gasteiger partial charge in [-0.15, -0.1) is 0 Å². The van der Waals surface area contributed by atoms with Crippen LogP contribution in [0.1, 0.15) is 6.42 Å². The van der Waals surface area contributed by atoms with E-state index < -0.39 is 0 Å². The molecule has 0 spiro atoms. The number of anilines is 1. The lowest BCUT2D eigenvalue weighted by Crippen LogP contribution is -2.70. The van der Waals surface area contributed by atoms with Crippen LogP contribution in [0.15, 0.2) is 24.3 Å². The van der Waals surface area contributed by atoms with Crippen molar-refractivity contribution in [1.82, 2.24) is 4.90 Å². The molecule has 3 nitrogen and oxygen atoms in total. The van der Waals surface area contributed by atoms with E-state index in [1.165, 1.54) is 0 Å². The third kappa shape index (κ3) is 1.28. The number of carbonyl (C=O) groups excluding carboxylic acids is 1. The quantitative estimate of drug-likeness (QED) is 0.742. The Hall–Kier alpha value is -1.06. The monoisotopic (exact) mass is 236 g/mol. The summed E-state index contributed by atoms with van der Waals surface area (Å²) in [4.78, 5) is 16.1. The maximum Gasteiger partial charge on any atom is 0.244 e. The minimum absolute atomic E-state index is 0.0648. The molecule has 1 aromatic rings. The molecular formula is C12H13ClN2O. The molecule has 0 radical (unpaired) electrons. The Kier molecular flexibility index (Phi) is 2.19. The number of fused-ring (bicyclic) bond motifs is 2. The normalized spacial score (nSPS) is 29.1. The van der Waals surface area contributed by atoms with Crippen molar-refractivity contribution >= 4 is 23.2 Å². The van der Waals surface area contributed by atoms with Gasteiger partial charge in [-0.3, -0.25) is 9.69 Å². The molecule has 3 aliphatic rings. The molecular weight excluding hydrogens is 224 g/mol. The average molecular weight is 237 g/mol. The molecule has 0 saturated carbocycles. The highest BCUT2D eigenvalue weighted by atomic mass is 35.5. The zero-order chi connectivity index (χ0) is 11.3. The highest BCUT2D eigenvalue weighted by Crippen LogP contribution is 2.36. The Morgan fingerprint density at radius 3 is 2.75 bits per heavy atom. The van der Waals surface area contributed by atoms with Gasteiger partial charge in [0, 0.05) is 12.6 Å². The van der Waals surface area contributed by atoms with E-state index in [9.17, 15) is 4.79 Å². The maximum absolute atomic E-state index is 12.2. The first-order valence-corrected chi connectivity index (χ1v) is 5.84. The van der Waals surface area contributed by atoms with Gasteiger partial charge in [-0.05, 0) is 25.6 Å². The first kappa shape index (κ1) is 10.1. The minimum atomic E-state index is 0.0648. The molecule has 84 valence electrons. The van der Waals surface area contributed by atoms with Crippen LogP contribution in [0.4, 0.5) is 5.69 Å². The Morgan fingerprint density at radius 2 is 2.12 bits per heavy atom. The van der Waals surface area contributed by atoms with Crippen LogP contribution >= 0.6 is 11.6 Å². The van der Waals surface area contributed by atoms with Crippen LogP contribution in [0.2, 0.25) is 5.02 Å². The van der Waals surface area contributed by atoms with Crippen LogP contribution in [0.3, 0.4) is 0 Å².